The molecule has 3 unspecified atom stereocenters. The second-order valence-corrected chi connectivity index (χ2v) is 6.53. The summed E-state index contributed by atoms with van der Waals surface area (Å²) < 4.78 is 0. The van der Waals surface area contributed by atoms with Crippen LogP contribution in [0.1, 0.15) is 30.5 Å². The van der Waals surface area contributed by atoms with Gasteiger partial charge in [-0.2, -0.15) is 0 Å². The Morgan fingerprint density at radius 3 is 2.55 bits per heavy atom. The predicted molar refractivity (Wildman–Crippen MR) is 85.8 cm³/mol. The molecule has 0 spiro atoms. The lowest BCUT2D eigenvalue weighted by Gasteiger charge is -2.32. The van der Waals surface area contributed by atoms with Gasteiger partial charge in [-0.05, 0) is 52.4 Å². The summed E-state index contributed by atoms with van der Waals surface area (Å²) in [5, 5.41) is 0. The van der Waals surface area contributed by atoms with Gasteiger partial charge in [-0.1, -0.05) is 29.8 Å². The van der Waals surface area contributed by atoms with Crippen LogP contribution in [0.4, 0.5) is 0 Å². The molecule has 0 amide bonds. The van der Waals surface area contributed by atoms with Crippen LogP contribution in [0.15, 0.2) is 24.3 Å². The van der Waals surface area contributed by atoms with Crippen LogP contribution in [0, 0.1) is 12.8 Å². The molecule has 0 radical (unpaired) electrons. The fourth-order valence-corrected chi connectivity index (χ4v) is 3.09. The van der Waals surface area contributed by atoms with Gasteiger partial charge in [0.25, 0.3) is 0 Å². The van der Waals surface area contributed by atoms with Crippen LogP contribution in [0.5, 0.6) is 0 Å². The van der Waals surface area contributed by atoms with E-state index in [0.717, 1.165) is 12.5 Å². The van der Waals surface area contributed by atoms with E-state index in [-0.39, 0.29) is 6.04 Å². The average Bonchev–Trinajstić information content (AvgIpc) is 2.83. The predicted octanol–water partition coefficient (Wildman–Crippen LogP) is 2.27. The molecular weight excluding hydrogens is 246 g/mol. The number of nitrogens with two attached hydrogens (primary N) is 1. The normalized spacial score (nSPS) is 23.2. The smallest absolute Gasteiger partial charge is 0.0450 e. The minimum Gasteiger partial charge on any atom is -0.323 e. The Morgan fingerprint density at radius 2 is 2.00 bits per heavy atom. The molecule has 1 aliphatic heterocycles. The van der Waals surface area contributed by atoms with E-state index < -0.39 is 0 Å². The third kappa shape index (κ3) is 3.81. The Balaban J connectivity index is 1.92. The van der Waals surface area contributed by atoms with Gasteiger partial charge in [0.2, 0.25) is 0 Å². The zero-order valence-electron chi connectivity index (χ0n) is 13.3. The summed E-state index contributed by atoms with van der Waals surface area (Å²) in [6.45, 7) is 7.95. The number of benzene rings is 1. The van der Waals surface area contributed by atoms with E-state index in [0.29, 0.717) is 6.04 Å². The van der Waals surface area contributed by atoms with Gasteiger partial charge in [0.15, 0.2) is 0 Å². The fraction of sp³-hybridized carbons (Fsp3) is 0.647. The maximum Gasteiger partial charge on any atom is 0.0450 e. The number of likely N-dealkylation sites (tertiary alicyclic amines) is 1. The van der Waals surface area contributed by atoms with E-state index in [9.17, 15) is 0 Å². The zero-order valence-corrected chi connectivity index (χ0v) is 13.3. The van der Waals surface area contributed by atoms with Gasteiger partial charge in [-0.25, -0.2) is 0 Å². The molecule has 0 bridgehead atoms. The first-order valence-electron chi connectivity index (χ1n) is 7.68. The van der Waals surface area contributed by atoms with Crippen LogP contribution in [-0.4, -0.2) is 49.6 Å². The van der Waals surface area contributed by atoms with Crippen LogP contribution in [0.3, 0.4) is 0 Å². The summed E-state index contributed by atoms with van der Waals surface area (Å²) in [7, 11) is 4.42. The Kier molecular flexibility index (Phi) is 5.19. The highest BCUT2D eigenvalue weighted by molar-refractivity contribution is 5.24. The van der Waals surface area contributed by atoms with Crippen molar-refractivity contribution in [2.24, 2.45) is 11.7 Å². The molecule has 1 fully saturated rings. The molecule has 112 valence electrons. The summed E-state index contributed by atoms with van der Waals surface area (Å²) in [5.74, 6) is 0.790. The Hall–Kier alpha value is -0.900. The minimum absolute atomic E-state index is 0.0831. The quantitative estimate of drug-likeness (QED) is 0.895. The Bertz CT molecular complexity index is 415. The van der Waals surface area contributed by atoms with Gasteiger partial charge in [0.05, 0.1) is 0 Å². The standard InChI is InChI=1S/C17H29N3/c1-13-5-7-16(8-6-13)17(18)14(2)20(4)12-15-9-10-19(3)11-15/h5-8,14-15,17H,9-12,18H2,1-4H3. The summed E-state index contributed by atoms with van der Waals surface area (Å²) in [6, 6.07) is 9.06. The molecule has 2 N–H and O–H groups in total. The van der Waals surface area contributed by atoms with Crippen molar-refractivity contribution < 1.29 is 0 Å². The summed E-state index contributed by atoms with van der Waals surface area (Å²) in [6.07, 6.45) is 1.31. The van der Waals surface area contributed by atoms with Crippen LogP contribution in [-0.2, 0) is 0 Å². The molecule has 1 heterocycles. The molecule has 2 rings (SSSR count). The number of nitrogens with zero attached hydrogens (tertiary/aromatic N) is 2. The third-order valence-electron chi connectivity index (χ3n) is 4.71. The number of aryl methyl sites for hydroxylation is 1. The molecule has 3 atom stereocenters. The van der Waals surface area contributed by atoms with Crippen LogP contribution < -0.4 is 5.73 Å². The summed E-state index contributed by atoms with van der Waals surface area (Å²) in [5.41, 5.74) is 8.96. The topological polar surface area (TPSA) is 32.5 Å². The second-order valence-electron chi connectivity index (χ2n) is 6.53. The number of hydrogen-bond donors (Lipinski definition) is 1. The van der Waals surface area contributed by atoms with E-state index in [1.807, 2.05) is 0 Å². The first kappa shape index (κ1) is 15.5. The zero-order chi connectivity index (χ0) is 14.7. The fourth-order valence-electron chi connectivity index (χ4n) is 3.09. The molecule has 20 heavy (non-hydrogen) atoms. The van der Waals surface area contributed by atoms with Gasteiger partial charge in [0.1, 0.15) is 0 Å². The van der Waals surface area contributed by atoms with Gasteiger partial charge in [-0.3, -0.25) is 0 Å². The van der Waals surface area contributed by atoms with Gasteiger partial charge >= 0.3 is 0 Å². The molecule has 0 saturated carbocycles. The summed E-state index contributed by atoms with van der Waals surface area (Å²) in [4.78, 5) is 4.84. The van der Waals surface area contributed by atoms with E-state index >= 15 is 0 Å². The Morgan fingerprint density at radius 1 is 1.35 bits per heavy atom. The van der Waals surface area contributed by atoms with Crippen molar-refractivity contribution in [1.82, 2.24) is 9.80 Å². The van der Waals surface area contributed by atoms with Crippen molar-refractivity contribution >= 4 is 0 Å². The first-order chi connectivity index (χ1) is 9.47. The lowest BCUT2D eigenvalue weighted by atomic mass is 9.98. The van der Waals surface area contributed by atoms with Crippen LogP contribution in [0.2, 0.25) is 0 Å². The van der Waals surface area contributed by atoms with Crippen molar-refractivity contribution in [2.75, 3.05) is 33.7 Å². The largest absolute Gasteiger partial charge is 0.323 e. The molecule has 1 aromatic carbocycles. The highest BCUT2D eigenvalue weighted by Gasteiger charge is 2.25. The van der Waals surface area contributed by atoms with Crippen molar-refractivity contribution in [3.8, 4) is 0 Å². The van der Waals surface area contributed by atoms with Crippen molar-refractivity contribution in [1.29, 1.82) is 0 Å². The van der Waals surface area contributed by atoms with E-state index in [1.54, 1.807) is 0 Å². The average molecular weight is 275 g/mol. The lowest BCUT2D eigenvalue weighted by Crippen LogP contribution is -2.41. The maximum absolute atomic E-state index is 6.44. The van der Waals surface area contributed by atoms with Crippen molar-refractivity contribution in [2.45, 2.75) is 32.4 Å². The molecular formula is C17H29N3. The third-order valence-corrected chi connectivity index (χ3v) is 4.71. The number of rotatable bonds is 5. The van der Waals surface area contributed by atoms with Crippen molar-refractivity contribution in [3.63, 3.8) is 0 Å². The summed E-state index contributed by atoms with van der Waals surface area (Å²) >= 11 is 0. The minimum atomic E-state index is 0.0831. The highest BCUT2D eigenvalue weighted by Crippen LogP contribution is 2.21. The number of likely N-dealkylation sites (N-methyl/N-ethyl adjacent to an activating group) is 1. The lowest BCUT2D eigenvalue weighted by molar-refractivity contribution is 0.195. The molecule has 1 aliphatic rings. The Labute approximate surface area is 123 Å². The maximum atomic E-state index is 6.44. The van der Waals surface area contributed by atoms with E-state index in [1.165, 1.54) is 30.6 Å². The molecule has 3 heteroatoms. The van der Waals surface area contributed by atoms with Crippen molar-refractivity contribution in [3.05, 3.63) is 35.4 Å². The molecule has 3 nitrogen and oxygen atoms in total. The van der Waals surface area contributed by atoms with Crippen LogP contribution in [0.25, 0.3) is 0 Å². The molecule has 0 aliphatic carbocycles. The van der Waals surface area contributed by atoms with Crippen LogP contribution >= 0.6 is 0 Å². The monoisotopic (exact) mass is 275 g/mol. The van der Waals surface area contributed by atoms with Gasteiger partial charge in [0, 0.05) is 25.2 Å². The van der Waals surface area contributed by atoms with Gasteiger partial charge < -0.3 is 15.5 Å². The molecule has 1 saturated heterocycles. The molecule has 1 aromatic rings. The van der Waals surface area contributed by atoms with E-state index in [4.69, 9.17) is 5.73 Å². The number of hydrogen-bond acceptors (Lipinski definition) is 3. The van der Waals surface area contributed by atoms with E-state index in [2.05, 4.69) is 62.0 Å². The second kappa shape index (κ2) is 6.70. The van der Waals surface area contributed by atoms with Gasteiger partial charge in [-0.15, -0.1) is 0 Å². The first-order valence-corrected chi connectivity index (χ1v) is 7.68. The highest BCUT2D eigenvalue weighted by atomic mass is 15.2. The SMILES string of the molecule is Cc1ccc(C(N)C(C)N(C)CC2CCN(C)C2)cc1. The molecule has 0 aromatic heterocycles.